The first-order valence-corrected chi connectivity index (χ1v) is 24.9. The highest BCUT2D eigenvalue weighted by Crippen LogP contribution is 2.33. The number of aryl methyl sites for hydroxylation is 1. The number of hydrogen-bond acceptors (Lipinski definition) is 15. The summed E-state index contributed by atoms with van der Waals surface area (Å²) < 4.78 is 4.94. The third kappa shape index (κ3) is 10.3. The molecule has 0 saturated carbocycles. The number of ketones is 4. The van der Waals surface area contributed by atoms with Crippen LogP contribution in [-0.4, -0.2) is 146 Å². The standard InChI is InChI=1S/C25H22N6O2.C17H11ClN2O2.C8H12N4.C4H8O/c32-23-16-4-1-2-5-17(16)24(33)21-18(23)6-7-19-22(21)29-20(28-19)8-11-30-12-14-31(15-13-30)25-26-9-3-10-27-25;18-8-7-13-19-12-6-5-11-14(15(12)20-13)17(22)10-4-2-1-3-9(10)16(11)21;1-2-10-8(11-3-1)12-6-4-9-5-7-12;1-2-4-5-3-1/h1-7,9-10H,8,11-15H2,(H,28,29);1-6H,7-8H2,(H,19,20);1-3,9H,4-7H2;1-4H2. The van der Waals surface area contributed by atoms with Crippen LogP contribution in [-0.2, 0) is 17.6 Å². The van der Waals surface area contributed by atoms with Gasteiger partial charge in [-0.15, -0.1) is 11.6 Å². The third-order valence-electron chi connectivity index (χ3n) is 13.2. The van der Waals surface area contributed by atoms with E-state index < -0.39 is 0 Å². The van der Waals surface area contributed by atoms with Gasteiger partial charge in [0.1, 0.15) is 22.7 Å². The Morgan fingerprint density at radius 3 is 1.39 bits per heavy atom. The van der Waals surface area contributed by atoms with Crippen LogP contribution in [0, 0.1) is 0 Å². The van der Waals surface area contributed by atoms with Crippen LogP contribution in [0.5, 0.6) is 0 Å². The zero-order chi connectivity index (χ0) is 49.4. The average Bonchev–Trinajstić information content (AvgIpc) is 4.26. The van der Waals surface area contributed by atoms with Gasteiger partial charge in [0.15, 0.2) is 23.1 Å². The number of imidazole rings is 2. The number of rotatable bonds is 7. The van der Waals surface area contributed by atoms with Crippen LogP contribution < -0.4 is 15.1 Å². The summed E-state index contributed by atoms with van der Waals surface area (Å²) in [7, 11) is 0. The lowest BCUT2D eigenvalue weighted by Crippen LogP contribution is -2.47. The Bertz CT molecular complexity index is 3230. The second-order valence-corrected chi connectivity index (χ2v) is 18.1. The normalized spacial score (nSPS) is 16.1. The van der Waals surface area contributed by atoms with E-state index in [9.17, 15) is 19.2 Å². The summed E-state index contributed by atoms with van der Waals surface area (Å²) in [6.45, 7) is 10.5. The minimum absolute atomic E-state index is 0.119. The largest absolute Gasteiger partial charge is 0.381 e. The first kappa shape index (κ1) is 48.1. The van der Waals surface area contributed by atoms with E-state index in [4.69, 9.17) is 21.3 Å². The predicted octanol–water partition coefficient (Wildman–Crippen LogP) is 6.30. The molecule has 2 aliphatic carbocycles. The number of fused-ring (bicyclic) bond motifs is 8. The van der Waals surface area contributed by atoms with Gasteiger partial charge in [-0.05, 0) is 49.2 Å². The molecule has 3 aliphatic heterocycles. The summed E-state index contributed by atoms with van der Waals surface area (Å²) in [5.41, 5.74) is 6.13. The Kier molecular flexibility index (Phi) is 14.9. The average molecular weight is 986 g/mol. The fourth-order valence-corrected chi connectivity index (χ4v) is 9.63. The summed E-state index contributed by atoms with van der Waals surface area (Å²) in [5, 5.41) is 3.29. The molecule has 13 rings (SSSR count). The quantitative estimate of drug-likeness (QED) is 0.150. The predicted molar refractivity (Wildman–Crippen MR) is 275 cm³/mol. The zero-order valence-corrected chi connectivity index (χ0v) is 40.4. The molecular formula is C54H53ClN12O5. The van der Waals surface area contributed by atoms with E-state index in [0.717, 1.165) is 113 Å². The first-order valence-electron chi connectivity index (χ1n) is 24.4. The van der Waals surface area contributed by atoms with E-state index in [0.29, 0.717) is 67.8 Å². The molecule has 366 valence electrons. The van der Waals surface area contributed by atoms with Crippen LogP contribution in [0.4, 0.5) is 11.9 Å². The van der Waals surface area contributed by atoms with Crippen LogP contribution in [0.2, 0.25) is 0 Å². The molecular weight excluding hydrogens is 932 g/mol. The Morgan fingerprint density at radius 2 is 0.944 bits per heavy atom. The topological polar surface area (TPSA) is 208 Å². The zero-order valence-electron chi connectivity index (χ0n) is 39.7. The lowest BCUT2D eigenvalue weighted by molar-refractivity contribution is 0.0980. The molecule has 17 nitrogen and oxygen atoms in total. The lowest BCUT2D eigenvalue weighted by atomic mass is 9.83. The Hall–Kier alpha value is -7.57. The number of nitrogens with one attached hydrogen (secondary N) is 3. The summed E-state index contributed by atoms with van der Waals surface area (Å²) >= 11 is 5.74. The maximum atomic E-state index is 13.2. The summed E-state index contributed by atoms with van der Waals surface area (Å²) in [5.74, 6) is 3.07. The molecule has 4 aromatic heterocycles. The SMILES string of the molecule is C1CCOC1.O=C1c2ccccc2C(=O)c2c1ccc1[nH]c(CCCl)nc21.O=C1c2ccccc2C(=O)c2c1ccc1[nH]c(CCN3CCN(c4ncccn4)CC3)nc21.c1cnc(N2CCNCC2)nc1. The van der Waals surface area contributed by atoms with Crippen molar-refractivity contribution < 1.29 is 23.9 Å². The van der Waals surface area contributed by atoms with Crippen LogP contribution in [0.15, 0.2) is 110 Å². The van der Waals surface area contributed by atoms with Gasteiger partial charge < -0.3 is 29.8 Å². The van der Waals surface area contributed by atoms with Gasteiger partial charge in [0.25, 0.3) is 0 Å². The molecule has 3 saturated heterocycles. The second-order valence-electron chi connectivity index (χ2n) is 17.7. The van der Waals surface area contributed by atoms with Crippen molar-refractivity contribution in [1.29, 1.82) is 0 Å². The van der Waals surface area contributed by atoms with E-state index in [-0.39, 0.29) is 23.1 Å². The van der Waals surface area contributed by atoms with Crippen LogP contribution in [0.1, 0.15) is 88.2 Å². The van der Waals surface area contributed by atoms with E-state index in [1.54, 1.807) is 91.5 Å². The summed E-state index contributed by atoms with van der Waals surface area (Å²) in [4.78, 5) is 91.1. The number of piperazine rings is 2. The molecule has 4 aromatic carbocycles. The van der Waals surface area contributed by atoms with Crippen molar-refractivity contribution in [2.45, 2.75) is 25.7 Å². The molecule has 5 aliphatic rings. The molecule has 8 aromatic rings. The molecule has 0 spiro atoms. The van der Waals surface area contributed by atoms with Gasteiger partial charge in [-0.1, -0.05) is 48.5 Å². The van der Waals surface area contributed by atoms with Gasteiger partial charge in [-0.25, -0.2) is 29.9 Å². The maximum absolute atomic E-state index is 13.2. The Morgan fingerprint density at radius 1 is 0.500 bits per heavy atom. The van der Waals surface area contributed by atoms with E-state index in [1.165, 1.54) is 12.8 Å². The number of aromatic nitrogens is 8. The van der Waals surface area contributed by atoms with Crippen molar-refractivity contribution in [3.8, 4) is 0 Å². The minimum Gasteiger partial charge on any atom is -0.381 e. The highest BCUT2D eigenvalue weighted by atomic mass is 35.5. The number of ether oxygens (including phenoxy) is 1. The van der Waals surface area contributed by atoms with Crippen molar-refractivity contribution in [2.24, 2.45) is 0 Å². The van der Waals surface area contributed by atoms with Crippen molar-refractivity contribution in [1.82, 2.24) is 50.1 Å². The number of carbonyl (C=O) groups is 4. The molecule has 3 fully saturated rings. The molecule has 0 unspecified atom stereocenters. The molecule has 7 heterocycles. The van der Waals surface area contributed by atoms with Gasteiger partial charge in [-0.3, -0.25) is 24.1 Å². The minimum atomic E-state index is -0.153. The van der Waals surface area contributed by atoms with Gasteiger partial charge in [0.2, 0.25) is 11.9 Å². The van der Waals surface area contributed by atoms with Gasteiger partial charge in [0, 0.05) is 149 Å². The van der Waals surface area contributed by atoms with Crippen molar-refractivity contribution >= 4 is 68.7 Å². The van der Waals surface area contributed by atoms with Crippen molar-refractivity contribution in [3.63, 3.8) is 0 Å². The number of nitrogens with zero attached hydrogens (tertiary/aromatic N) is 9. The number of benzene rings is 4. The number of aromatic amines is 2. The molecule has 0 amide bonds. The molecule has 3 N–H and O–H groups in total. The molecule has 0 bridgehead atoms. The fraction of sp³-hybridized carbons (Fsp3) is 0.296. The van der Waals surface area contributed by atoms with E-state index in [2.05, 4.69) is 54.9 Å². The smallest absolute Gasteiger partial charge is 0.225 e. The summed E-state index contributed by atoms with van der Waals surface area (Å²) in [6, 6.07) is 24.6. The van der Waals surface area contributed by atoms with Crippen molar-refractivity contribution in [3.05, 3.63) is 166 Å². The molecule has 18 heteroatoms. The third-order valence-corrected chi connectivity index (χ3v) is 13.4. The molecule has 0 radical (unpaired) electrons. The Balaban J connectivity index is 0.000000130. The van der Waals surface area contributed by atoms with E-state index in [1.807, 2.05) is 18.2 Å². The number of halogens is 1. The number of carbonyl (C=O) groups excluding carboxylic acids is 4. The van der Waals surface area contributed by atoms with Crippen LogP contribution in [0.3, 0.4) is 0 Å². The molecule has 0 atom stereocenters. The lowest BCUT2D eigenvalue weighted by Gasteiger charge is -2.34. The molecule has 72 heavy (non-hydrogen) atoms. The highest BCUT2D eigenvalue weighted by Gasteiger charge is 2.33. The number of hydrogen-bond donors (Lipinski definition) is 3. The van der Waals surface area contributed by atoms with Gasteiger partial charge in [0.05, 0.1) is 22.2 Å². The second kappa shape index (κ2) is 22.2. The van der Waals surface area contributed by atoms with Gasteiger partial charge >= 0.3 is 0 Å². The Labute approximate surface area is 420 Å². The van der Waals surface area contributed by atoms with Crippen LogP contribution >= 0.6 is 11.6 Å². The van der Waals surface area contributed by atoms with Crippen LogP contribution in [0.25, 0.3) is 22.1 Å². The first-order chi connectivity index (χ1) is 35.4. The van der Waals surface area contributed by atoms with Gasteiger partial charge in [-0.2, -0.15) is 0 Å². The monoisotopic (exact) mass is 984 g/mol. The van der Waals surface area contributed by atoms with Crippen molar-refractivity contribution in [2.75, 3.05) is 87.8 Å². The number of anilines is 2. The number of H-pyrrole nitrogens is 2. The highest BCUT2D eigenvalue weighted by molar-refractivity contribution is 6.32. The summed E-state index contributed by atoms with van der Waals surface area (Å²) in [6.07, 6.45) is 11.0. The van der Waals surface area contributed by atoms with E-state index >= 15 is 0 Å². The maximum Gasteiger partial charge on any atom is 0.225 e. The number of alkyl halides is 1. The fourth-order valence-electron chi connectivity index (χ4n) is 9.45.